The van der Waals surface area contributed by atoms with Gasteiger partial charge < -0.3 is 9.67 Å². The first-order valence-electron chi connectivity index (χ1n) is 13.0. The van der Waals surface area contributed by atoms with Gasteiger partial charge >= 0.3 is 0 Å². The second-order valence-corrected chi connectivity index (χ2v) is 10.3. The van der Waals surface area contributed by atoms with Crippen molar-refractivity contribution in [2.75, 3.05) is 0 Å². The van der Waals surface area contributed by atoms with Crippen LogP contribution in [-0.2, 0) is 25.8 Å². The maximum Gasteiger partial charge on any atom is 0.293 e. The molecule has 5 aromatic rings. The van der Waals surface area contributed by atoms with Gasteiger partial charge in [-0.15, -0.1) is 0 Å². The van der Waals surface area contributed by atoms with Gasteiger partial charge in [-0.2, -0.15) is 0 Å². The van der Waals surface area contributed by atoms with E-state index in [0.29, 0.717) is 18.9 Å². The minimum atomic E-state index is -0.336. The summed E-state index contributed by atoms with van der Waals surface area (Å²) in [4.78, 5) is 13.3. The van der Waals surface area contributed by atoms with Crippen molar-refractivity contribution >= 4 is 10.8 Å². The third-order valence-electron chi connectivity index (χ3n) is 6.87. The quantitative estimate of drug-likeness (QED) is 0.233. The summed E-state index contributed by atoms with van der Waals surface area (Å²) in [6, 6.07) is 35.3. The van der Waals surface area contributed by atoms with E-state index in [0.717, 1.165) is 29.7 Å². The summed E-state index contributed by atoms with van der Waals surface area (Å²) in [6.07, 6.45) is 2.31. The Kier molecular flexibility index (Phi) is 8.48. The predicted molar refractivity (Wildman–Crippen MR) is 160 cm³/mol. The van der Waals surface area contributed by atoms with Gasteiger partial charge in [-0.05, 0) is 75.9 Å². The third kappa shape index (κ3) is 6.06. The minimum absolute atomic E-state index is 0. The molecule has 0 atom stereocenters. The van der Waals surface area contributed by atoms with Crippen molar-refractivity contribution in [2.24, 2.45) is 5.92 Å². The second-order valence-electron chi connectivity index (χ2n) is 10.3. The smallest absolute Gasteiger partial charge is 0.293 e. The fraction of sp³-hybridized carbons (Fsp3) is 0.229. The molecule has 0 amide bonds. The number of benzene rings is 4. The number of fused-ring (bicyclic) bond motifs is 1. The molecular formula is C35H37NO2. The number of nitrogens with zero attached hydrogens (tertiary/aromatic N) is 1. The lowest BCUT2D eigenvalue weighted by molar-refractivity contribution is 0.455. The van der Waals surface area contributed by atoms with E-state index in [9.17, 15) is 9.90 Å². The normalized spacial score (nSPS) is 11.0. The zero-order valence-corrected chi connectivity index (χ0v) is 21.5. The Morgan fingerprint density at radius 3 is 2.21 bits per heavy atom. The summed E-state index contributed by atoms with van der Waals surface area (Å²) < 4.78 is 1.78. The number of rotatable bonds is 8. The van der Waals surface area contributed by atoms with Crippen molar-refractivity contribution in [3.05, 3.63) is 136 Å². The van der Waals surface area contributed by atoms with Crippen LogP contribution in [0.3, 0.4) is 0 Å². The Labute approximate surface area is 226 Å². The van der Waals surface area contributed by atoms with Crippen LogP contribution < -0.4 is 5.56 Å². The molecule has 0 spiro atoms. The average Bonchev–Trinajstić information content (AvgIpc) is 2.90. The van der Waals surface area contributed by atoms with Gasteiger partial charge in [-0.3, -0.25) is 4.79 Å². The maximum atomic E-state index is 13.3. The molecule has 1 N–H and O–H groups in total. The van der Waals surface area contributed by atoms with E-state index in [1.165, 1.54) is 27.5 Å². The number of pyridine rings is 1. The largest absolute Gasteiger partial charge is 0.503 e. The van der Waals surface area contributed by atoms with E-state index in [-0.39, 0.29) is 18.7 Å². The third-order valence-corrected chi connectivity index (χ3v) is 6.87. The molecule has 5 rings (SSSR count). The van der Waals surface area contributed by atoms with Crippen molar-refractivity contribution in [1.29, 1.82) is 0 Å². The number of hydrogen-bond donors (Lipinski definition) is 1. The molecule has 0 aliphatic heterocycles. The van der Waals surface area contributed by atoms with Crippen LogP contribution in [0.1, 0.15) is 43.5 Å². The molecule has 0 unspecified atom stereocenters. The summed E-state index contributed by atoms with van der Waals surface area (Å²) in [5.74, 6) is 0.204. The highest BCUT2D eigenvalue weighted by Crippen LogP contribution is 2.29. The minimum Gasteiger partial charge on any atom is -0.503 e. The monoisotopic (exact) mass is 503 g/mol. The number of aromatic nitrogens is 1. The number of hydrogen-bond acceptors (Lipinski definition) is 2. The Balaban J connectivity index is 0.00000336. The predicted octanol–water partition coefficient (Wildman–Crippen LogP) is 8.04. The topological polar surface area (TPSA) is 42.2 Å². The van der Waals surface area contributed by atoms with E-state index in [2.05, 4.69) is 92.7 Å². The first kappa shape index (κ1) is 26.9. The van der Waals surface area contributed by atoms with Crippen LogP contribution in [0.2, 0.25) is 0 Å². The van der Waals surface area contributed by atoms with Gasteiger partial charge in [-0.25, -0.2) is 0 Å². The fourth-order valence-corrected chi connectivity index (χ4v) is 5.15. The van der Waals surface area contributed by atoms with Crippen LogP contribution in [0.25, 0.3) is 22.0 Å². The fourth-order valence-electron chi connectivity index (χ4n) is 5.15. The van der Waals surface area contributed by atoms with E-state index in [1.807, 2.05) is 18.2 Å². The van der Waals surface area contributed by atoms with Crippen LogP contribution in [-0.4, -0.2) is 9.67 Å². The summed E-state index contributed by atoms with van der Waals surface area (Å²) in [7, 11) is 0. The molecule has 0 radical (unpaired) electrons. The Hall–Kier alpha value is -4.11. The van der Waals surface area contributed by atoms with Gasteiger partial charge in [0.1, 0.15) is 0 Å². The van der Waals surface area contributed by atoms with Crippen molar-refractivity contribution in [3.63, 3.8) is 0 Å². The molecule has 38 heavy (non-hydrogen) atoms. The molecule has 0 bridgehead atoms. The van der Waals surface area contributed by atoms with E-state index < -0.39 is 0 Å². The molecule has 1 aromatic heterocycles. The van der Waals surface area contributed by atoms with Crippen molar-refractivity contribution in [1.82, 2.24) is 4.57 Å². The van der Waals surface area contributed by atoms with Crippen molar-refractivity contribution in [3.8, 4) is 17.0 Å². The van der Waals surface area contributed by atoms with Gasteiger partial charge in [0.15, 0.2) is 5.75 Å². The Morgan fingerprint density at radius 1 is 0.737 bits per heavy atom. The van der Waals surface area contributed by atoms with Crippen molar-refractivity contribution < 1.29 is 5.11 Å². The van der Waals surface area contributed by atoms with Crippen LogP contribution in [0.15, 0.2) is 108 Å². The molecule has 4 aromatic carbocycles. The molecule has 3 heteroatoms. The highest BCUT2D eigenvalue weighted by Gasteiger charge is 2.18. The van der Waals surface area contributed by atoms with Crippen molar-refractivity contribution in [2.45, 2.75) is 47.1 Å². The molecule has 0 saturated heterocycles. The molecule has 194 valence electrons. The van der Waals surface area contributed by atoms with Gasteiger partial charge in [0.2, 0.25) is 0 Å². The lowest BCUT2D eigenvalue weighted by Gasteiger charge is -2.20. The second kappa shape index (κ2) is 12.0. The Morgan fingerprint density at radius 2 is 1.45 bits per heavy atom. The van der Waals surface area contributed by atoms with Crippen LogP contribution in [0.5, 0.6) is 5.75 Å². The summed E-state index contributed by atoms with van der Waals surface area (Å²) in [5, 5.41) is 13.0. The molecule has 0 aliphatic rings. The number of aryl methyl sites for hydroxylation is 1. The lowest BCUT2D eigenvalue weighted by Crippen LogP contribution is -2.24. The van der Waals surface area contributed by atoms with Crippen LogP contribution in [0, 0.1) is 5.92 Å². The molecular weight excluding hydrogens is 466 g/mol. The van der Waals surface area contributed by atoms with Crippen LogP contribution >= 0.6 is 0 Å². The van der Waals surface area contributed by atoms with E-state index >= 15 is 0 Å². The summed E-state index contributed by atoms with van der Waals surface area (Å²) >= 11 is 0. The SMILES string of the molecule is C.CC(C)Cc1cc(O)c(=O)n(CCc2ccc3ccccc3c2)c1-c1cccc(Cc2ccccc2)c1. The van der Waals surface area contributed by atoms with E-state index in [4.69, 9.17) is 0 Å². The van der Waals surface area contributed by atoms with Crippen LogP contribution in [0.4, 0.5) is 0 Å². The number of aromatic hydroxyl groups is 1. The zero-order valence-electron chi connectivity index (χ0n) is 21.5. The molecule has 0 saturated carbocycles. The highest BCUT2D eigenvalue weighted by molar-refractivity contribution is 5.83. The highest BCUT2D eigenvalue weighted by atomic mass is 16.3. The summed E-state index contributed by atoms with van der Waals surface area (Å²) in [5.41, 5.74) is 6.21. The first-order valence-corrected chi connectivity index (χ1v) is 13.0. The zero-order chi connectivity index (χ0) is 25.8. The maximum absolute atomic E-state index is 13.3. The standard InChI is InChI=1S/C34H33NO2.CH4/c1-24(2)19-31-23-32(36)34(37)35(18-17-26-15-16-28-12-6-7-13-29(28)21-26)33(31)30-14-8-11-27(22-30)20-25-9-4-3-5-10-25;/h3-16,21-24,36H,17-20H2,1-2H3;1H4. The Bertz CT molecular complexity index is 1580. The molecule has 3 nitrogen and oxygen atoms in total. The first-order chi connectivity index (χ1) is 18.0. The summed E-state index contributed by atoms with van der Waals surface area (Å²) in [6.45, 7) is 4.82. The lowest BCUT2D eigenvalue weighted by atomic mass is 9.95. The van der Waals surface area contributed by atoms with Gasteiger partial charge in [0.25, 0.3) is 5.56 Å². The van der Waals surface area contributed by atoms with Gasteiger partial charge in [0, 0.05) is 6.54 Å². The molecule has 0 aliphatic carbocycles. The van der Waals surface area contributed by atoms with Gasteiger partial charge in [-0.1, -0.05) is 112 Å². The van der Waals surface area contributed by atoms with E-state index in [1.54, 1.807) is 10.6 Å². The van der Waals surface area contributed by atoms with Gasteiger partial charge in [0.05, 0.1) is 5.69 Å². The average molecular weight is 504 g/mol. The molecule has 0 fully saturated rings. The molecule has 1 heterocycles.